The minimum absolute atomic E-state index is 0.121. The molecule has 0 saturated heterocycles. The van der Waals surface area contributed by atoms with Crippen LogP contribution in [0.25, 0.3) is 0 Å². The summed E-state index contributed by atoms with van der Waals surface area (Å²) < 4.78 is 4.39. The van der Waals surface area contributed by atoms with Crippen molar-refractivity contribution in [2.24, 2.45) is 0 Å². The van der Waals surface area contributed by atoms with E-state index in [1.807, 2.05) is 0 Å². The first-order chi connectivity index (χ1) is 7.13. The van der Waals surface area contributed by atoms with Crippen LogP contribution < -0.4 is 0 Å². The van der Waals surface area contributed by atoms with Gasteiger partial charge in [0.15, 0.2) is 6.29 Å². The lowest BCUT2D eigenvalue weighted by Crippen LogP contribution is -2.04. The molecule has 78 valence electrons. The number of esters is 1. The molecular weight excluding hydrogens is 200 g/mol. The second-order valence-corrected chi connectivity index (χ2v) is 2.73. The molecule has 1 rings (SSSR count). The molecule has 0 heterocycles. The van der Waals surface area contributed by atoms with Gasteiger partial charge in [0.05, 0.1) is 12.7 Å². The molecule has 5 heteroatoms. The van der Waals surface area contributed by atoms with E-state index in [2.05, 4.69) is 4.74 Å². The minimum Gasteiger partial charge on any atom is -0.506 e. The molecule has 1 N–H and O–H groups in total. The van der Waals surface area contributed by atoms with Crippen LogP contribution in [0.4, 0.5) is 0 Å². The second kappa shape index (κ2) is 4.36. The van der Waals surface area contributed by atoms with Crippen molar-refractivity contribution in [3.8, 4) is 5.75 Å². The fourth-order valence-corrected chi connectivity index (χ4v) is 1.10. The lowest BCUT2D eigenvalue weighted by atomic mass is 10.1. The van der Waals surface area contributed by atoms with Crippen LogP contribution in [0.15, 0.2) is 12.1 Å². The number of rotatable bonds is 3. The van der Waals surface area contributed by atoms with E-state index in [0.717, 1.165) is 13.2 Å². The van der Waals surface area contributed by atoms with Crippen LogP contribution in [0.2, 0.25) is 0 Å². The van der Waals surface area contributed by atoms with Gasteiger partial charge in [-0.15, -0.1) is 0 Å². The fourth-order valence-electron chi connectivity index (χ4n) is 1.10. The van der Waals surface area contributed by atoms with Crippen LogP contribution in [0.3, 0.4) is 0 Å². The molecule has 0 aliphatic heterocycles. The van der Waals surface area contributed by atoms with E-state index in [1.165, 1.54) is 6.07 Å². The van der Waals surface area contributed by atoms with E-state index in [1.54, 1.807) is 0 Å². The van der Waals surface area contributed by atoms with E-state index < -0.39 is 11.7 Å². The minimum atomic E-state index is -0.806. The zero-order chi connectivity index (χ0) is 11.4. The Morgan fingerprint density at radius 2 is 2.00 bits per heavy atom. The molecule has 5 nitrogen and oxygen atoms in total. The molecule has 0 atom stereocenters. The van der Waals surface area contributed by atoms with Crippen LogP contribution in [0.5, 0.6) is 5.75 Å². The van der Waals surface area contributed by atoms with Crippen LogP contribution in [-0.4, -0.2) is 30.8 Å². The highest BCUT2D eigenvalue weighted by Gasteiger charge is 2.16. The van der Waals surface area contributed by atoms with Crippen molar-refractivity contribution in [1.29, 1.82) is 0 Å². The van der Waals surface area contributed by atoms with Crippen molar-refractivity contribution in [3.05, 3.63) is 28.8 Å². The van der Waals surface area contributed by atoms with Gasteiger partial charge < -0.3 is 9.84 Å². The number of carbonyl (C=O) groups is 3. The highest BCUT2D eigenvalue weighted by molar-refractivity contribution is 5.98. The summed E-state index contributed by atoms with van der Waals surface area (Å²) in [5, 5.41) is 9.46. The molecule has 1 aromatic carbocycles. The Morgan fingerprint density at radius 3 is 2.47 bits per heavy atom. The van der Waals surface area contributed by atoms with E-state index in [9.17, 15) is 19.5 Å². The molecule has 0 aliphatic carbocycles. The monoisotopic (exact) mass is 208 g/mol. The summed E-state index contributed by atoms with van der Waals surface area (Å²) in [5.74, 6) is -1.29. The first-order valence-corrected chi connectivity index (χ1v) is 3.99. The first-order valence-electron chi connectivity index (χ1n) is 3.99. The standard InChI is InChI=1S/C10H8O5/c1-15-10(14)8-3-6(4-11)2-7(5-12)9(8)13/h2-5,13H,1H3. The average molecular weight is 208 g/mol. The maximum absolute atomic E-state index is 11.2. The lowest BCUT2D eigenvalue weighted by Gasteiger charge is -2.05. The average Bonchev–Trinajstić information content (AvgIpc) is 2.28. The zero-order valence-corrected chi connectivity index (χ0v) is 7.89. The Hall–Kier alpha value is -2.17. The maximum atomic E-state index is 11.2. The van der Waals surface area contributed by atoms with Gasteiger partial charge in [-0.2, -0.15) is 0 Å². The van der Waals surface area contributed by atoms with E-state index >= 15 is 0 Å². The summed E-state index contributed by atoms with van der Waals surface area (Å²) in [4.78, 5) is 32.2. The highest BCUT2D eigenvalue weighted by Crippen LogP contribution is 2.23. The number of hydrogen-bond acceptors (Lipinski definition) is 5. The molecule has 0 unspecified atom stereocenters. The van der Waals surface area contributed by atoms with Crippen molar-refractivity contribution < 1.29 is 24.2 Å². The number of phenols is 1. The van der Waals surface area contributed by atoms with Crippen molar-refractivity contribution >= 4 is 18.5 Å². The summed E-state index contributed by atoms with van der Waals surface area (Å²) in [6.07, 6.45) is 0.827. The normalized spacial score (nSPS) is 9.40. The molecule has 0 bridgehead atoms. The Morgan fingerprint density at radius 1 is 1.33 bits per heavy atom. The second-order valence-electron chi connectivity index (χ2n) is 2.73. The van der Waals surface area contributed by atoms with Crippen LogP contribution in [0.1, 0.15) is 31.1 Å². The van der Waals surface area contributed by atoms with E-state index in [-0.39, 0.29) is 16.7 Å². The van der Waals surface area contributed by atoms with Gasteiger partial charge in [-0.1, -0.05) is 0 Å². The molecule has 0 spiro atoms. The third-order valence-corrected chi connectivity index (χ3v) is 1.83. The molecule has 0 fully saturated rings. The summed E-state index contributed by atoms with van der Waals surface area (Å²) in [6, 6.07) is 2.34. The van der Waals surface area contributed by atoms with Gasteiger partial charge in [-0.25, -0.2) is 4.79 Å². The van der Waals surface area contributed by atoms with Gasteiger partial charge in [0, 0.05) is 5.56 Å². The Labute approximate surface area is 85.3 Å². The molecule has 15 heavy (non-hydrogen) atoms. The van der Waals surface area contributed by atoms with Crippen molar-refractivity contribution in [2.75, 3.05) is 7.11 Å². The van der Waals surface area contributed by atoms with Crippen molar-refractivity contribution in [2.45, 2.75) is 0 Å². The third-order valence-electron chi connectivity index (χ3n) is 1.83. The van der Waals surface area contributed by atoms with Crippen molar-refractivity contribution in [3.63, 3.8) is 0 Å². The van der Waals surface area contributed by atoms with Crippen LogP contribution in [0, 0.1) is 0 Å². The molecule has 0 amide bonds. The number of hydrogen-bond donors (Lipinski definition) is 1. The molecular formula is C10H8O5. The number of benzene rings is 1. The smallest absolute Gasteiger partial charge is 0.341 e. The summed E-state index contributed by atoms with van der Waals surface area (Å²) >= 11 is 0. The third kappa shape index (κ3) is 2.01. The Kier molecular flexibility index (Phi) is 3.17. The number of ether oxygens (including phenoxy) is 1. The van der Waals surface area contributed by atoms with E-state index in [4.69, 9.17) is 0 Å². The predicted molar refractivity (Wildman–Crippen MR) is 50.2 cm³/mol. The SMILES string of the molecule is COC(=O)c1cc(C=O)cc(C=O)c1O. The number of carbonyl (C=O) groups excluding carboxylic acids is 3. The van der Waals surface area contributed by atoms with Crippen LogP contribution >= 0.6 is 0 Å². The highest BCUT2D eigenvalue weighted by atomic mass is 16.5. The van der Waals surface area contributed by atoms with Crippen LogP contribution in [-0.2, 0) is 4.74 Å². The fraction of sp³-hybridized carbons (Fsp3) is 0.100. The lowest BCUT2D eigenvalue weighted by molar-refractivity contribution is 0.0597. The van der Waals surface area contributed by atoms with Gasteiger partial charge in [0.2, 0.25) is 0 Å². The molecule has 1 aromatic rings. The van der Waals surface area contributed by atoms with Gasteiger partial charge >= 0.3 is 5.97 Å². The van der Waals surface area contributed by atoms with Gasteiger partial charge in [-0.3, -0.25) is 9.59 Å². The summed E-state index contributed by atoms with van der Waals surface area (Å²) in [7, 11) is 1.13. The van der Waals surface area contributed by atoms with E-state index in [0.29, 0.717) is 12.6 Å². The largest absolute Gasteiger partial charge is 0.506 e. The molecule has 0 aliphatic rings. The number of aromatic hydroxyl groups is 1. The Balaban J connectivity index is 3.42. The number of aldehydes is 2. The summed E-state index contributed by atoms with van der Waals surface area (Å²) in [5.41, 5.74) is -0.209. The molecule has 0 radical (unpaired) electrons. The number of methoxy groups -OCH3 is 1. The first kappa shape index (κ1) is 10.9. The quantitative estimate of drug-likeness (QED) is 0.587. The summed E-state index contributed by atoms with van der Waals surface area (Å²) in [6.45, 7) is 0. The number of phenolic OH excluding ortho intramolecular Hbond substituents is 1. The zero-order valence-electron chi connectivity index (χ0n) is 7.89. The maximum Gasteiger partial charge on any atom is 0.341 e. The Bertz CT molecular complexity index is 422. The molecule has 0 aromatic heterocycles. The topological polar surface area (TPSA) is 80.7 Å². The van der Waals surface area contributed by atoms with Gasteiger partial charge in [-0.05, 0) is 12.1 Å². The van der Waals surface area contributed by atoms with Crippen molar-refractivity contribution in [1.82, 2.24) is 0 Å². The van der Waals surface area contributed by atoms with Gasteiger partial charge in [0.1, 0.15) is 17.6 Å². The predicted octanol–water partition coefficient (Wildman–Crippen LogP) is 0.804. The van der Waals surface area contributed by atoms with Gasteiger partial charge in [0.25, 0.3) is 0 Å². The molecule has 0 saturated carbocycles.